The van der Waals surface area contributed by atoms with Gasteiger partial charge in [-0.1, -0.05) is 0 Å². The molecule has 0 aromatic rings. The molecule has 0 aliphatic rings. The molecule has 1 amide bonds. The fourth-order valence-electron chi connectivity index (χ4n) is 0.350. The van der Waals surface area contributed by atoms with Gasteiger partial charge in [-0.25, -0.2) is 13.1 Å². The van der Waals surface area contributed by atoms with Crippen molar-refractivity contribution in [3.63, 3.8) is 0 Å². The molecule has 0 aliphatic heterocycles. The second-order valence-electron chi connectivity index (χ2n) is 1.70. The minimum Gasteiger partial charge on any atom is -0.347 e. The second-order valence-corrected chi connectivity index (χ2v) is 3.53. The van der Waals surface area contributed by atoms with Crippen LogP contribution in [0.15, 0.2) is 0 Å². The lowest BCUT2D eigenvalue weighted by molar-refractivity contribution is 0.540. The zero-order valence-corrected chi connectivity index (χ0v) is 6.36. The molecule has 5 nitrogen and oxygen atoms in total. The minimum absolute atomic E-state index is 0.202. The van der Waals surface area contributed by atoms with Crippen LogP contribution in [0.3, 0.4) is 0 Å². The molecular weight excluding hydrogens is 156 g/mol. The van der Waals surface area contributed by atoms with Crippen LogP contribution < -0.4 is 10.0 Å². The molecule has 0 aromatic carbocycles. The summed E-state index contributed by atoms with van der Waals surface area (Å²) in [5, 5.41) is 2.19. The van der Waals surface area contributed by atoms with Gasteiger partial charge in [-0.15, -0.1) is 0 Å². The first kappa shape index (κ1) is 9.38. The van der Waals surface area contributed by atoms with E-state index in [2.05, 4.69) is 10.0 Å². The lowest BCUT2D eigenvalue weighted by Crippen LogP contribution is -2.30. The maximum atomic E-state index is 10.4. The summed E-state index contributed by atoms with van der Waals surface area (Å²) in [6.45, 7) is 0.463. The Bertz CT molecular complexity index is 187. The maximum Gasteiger partial charge on any atom is 0.309 e. The third-order valence-electron chi connectivity index (χ3n) is 0.686. The fourth-order valence-corrected chi connectivity index (χ4v) is 0.823. The third kappa shape index (κ3) is 7.38. The Balaban J connectivity index is 3.29. The molecule has 10 heavy (non-hydrogen) atoms. The number of amides is 1. The van der Waals surface area contributed by atoms with E-state index in [1.807, 2.05) is 0 Å². The van der Waals surface area contributed by atoms with Gasteiger partial charge in [0.2, 0.25) is 10.0 Å². The van der Waals surface area contributed by atoms with Gasteiger partial charge in [-0.2, -0.15) is 0 Å². The Labute approximate surface area is 59.9 Å². The normalized spacial score (nSPS) is 10.9. The molecule has 59 valence electrons. The van der Waals surface area contributed by atoms with Crippen LogP contribution in [0.4, 0.5) is 0 Å². The lowest BCUT2D eigenvalue weighted by atomic mass is 10.7. The topological polar surface area (TPSA) is 75.3 Å². The first-order valence-corrected chi connectivity index (χ1v) is 4.50. The fraction of sp³-hybridized carbons (Fsp3) is 0.750. The van der Waals surface area contributed by atoms with Gasteiger partial charge in [0, 0.05) is 13.1 Å². The Morgan fingerprint density at radius 3 is 2.40 bits per heavy atom. The summed E-state index contributed by atoms with van der Waals surface area (Å²) in [7, 11) is -3.12. The molecular formula is C4H9N2O3S. The van der Waals surface area contributed by atoms with Crippen LogP contribution in [-0.4, -0.2) is 34.2 Å². The van der Waals surface area contributed by atoms with E-state index >= 15 is 0 Å². The predicted octanol–water partition coefficient (Wildman–Crippen LogP) is -1.81. The molecule has 1 radical (unpaired) electrons. The quantitative estimate of drug-likeness (QED) is 0.372. The summed E-state index contributed by atoms with van der Waals surface area (Å²) in [5.41, 5.74) is 0. The van der Waals surface area contributed by atoms with Gasteiger partial charge in [0.1, 0.15) is 0 Å². The Kier molecular flexibility index (Phi) is 3.97. The predicted molar refractivity (Wildman–Crippen MR) is 36.5 cm³/mol. The van der Waals surface area contributed by atoms with Crippen molar-refractivity contribution >= 4 is 16.4 Å². The summed E-state index contributed by atoms with van der Waals surface area (Å²) < 4.78 is 22.9. The smallest absolute Gasteiger partial charge is 0.309 e. The molecule has 0 atom stereocenters. The number of hydrogen-bond donors (Lipinski definition) is 2. The van der Waals surface area contributed by atoms with Crippen molar-refractivity contribution in [3.8, 4) is 0 Å². The molecule has 2 N–H and O–H groups in total. The molecule has 0 aromatic heterocycles. The summed E-state index contributed by atoms with van der Waals surface area (Å²) in [5.74, 6) is 0. The SMILES string of the molecule is CS(=O)(=O)NCCN[C]=O. The summed E-state index contributed by atoms with van der Waals surface area (Å²) in [6, 6.07) is 0. The van der Waals surface area contributed by atoms with Gasteiger partial charge in [0.25, 0.3) is 0 Å². The van der Waals surface area contributed by atoms with E-state index in [9.17, 15) is 13.2 Å². The van der Waals surface area contributed by atoms with Gasteiger partial charge in [0.15, 0.2) is 0 Å². The summed E-state index contributed by atoms with van der Waals surface area (Å²) in [6.07, 6.45) is 2.47. The molecule has 0 bridgehead atoms. The zero-order valence-electron chi connectivity index (χ0n) is 5.55. The first-order valence-electron chi connectivity index (χ1n) is 2.61. The largest absolute Gasteiger partial charge is 0.347 e. The molecule has 0 saturated heterocycles. The molecule has 0 rings (SSSR count). The van der Waals surface area contributed by atoms with Crippen molar-refractivity contribution in [2.75, 3.05) is 19.3 Å². The van der Waals surface area contributed by atoms with E-state index < -0.39 is 10.0 Å². The van der Waals surface area contributed by atoms with E-state index in [0.29, 0.717) is 0 Å². The third-order valence-corrected chi connectivity index (χ3v) is 1.41. The van der Waals surface area contributed by atoms with Crippen LogP contribution in [0.2, 0.25) is 0 Å². The first-order chi connectivity index (χ1) is 4.56. The Hall–Kier alpha value is -0.620. The molecule has 6 heteroatoms. The molecule has 0 saturated carbocycles. The van der Waals surface area contributed by atoms with E-state index in [-0.39, 0.29) is 13.1 Å². The molecule has 0 unspecified atom stereocenters. The Morgan fingerprint density at radius 2 is 2.00 bits per heavy atom. The van der Waals surface area contributed by atoms with E-state index in [1.54, 1.807) is 0 Å². The standard InChI is InChI=1S/C4H9N2O3S/c1-10(8,9)6-3-2-5-4-7/h6H,2-3H2,1H3,(H,5,7). The van der Waals surface area contributed by atoms with Crippen LogP contribution in [0.25, 0.3) is 0 Å². The van der Waals surface area contributed by atoms with Crippen LogP contribution in [0.1, 0.15) is 0 Å². The summed E-state index contributed by atoms with van der Waals surface area (Å²) in [4.78, 5) is 9.52. The van der Waals surface area contributed by atoms with Crippen molar-refractivity contribution in [1.29, 1.82) is 0 Å². The average molecular weight is 165 g/mol. The highest BCUT2D eigenvalue weighted by Gasteiger charge is 1.96. The molecule has 0 aliphatic carbocycles. The van der Waals surface area contributed by atoms with E-state index in [4.69, 9.17) is 0 Å². The van der Waals surface area contributed by atoms with Crippen molar-refractivity contribution < 1.29 is 13.2 Å². The Morgan fingerprint density at radius 1 is 1.40 bits per heavy atom. The van der Waals surface area contributed by atoms with Crippen LogP contribution in [0, 0.1) is 0 Å². The minimum atomic E-state index is -3.12. The van der Waals surface area contributed by atoms with Gasteiger partial charge < -0.3 is 5.32 Å². The summed E-state index contributed by atoms with van der Waals surface area (Å²) >= 11 is 0. The monoisotopic (exact) mass is 165 g/mol. The molecule has 0 spiro atoms. The lowest BCUT2D eigenvalue weighted by Gasteiger charge is -1.98. The van der Waals surface area contributed by atoms with E-state index in [1.165, 1.54) is 6.41 Å². The number of carbonyl (C=O) groups excluding carboxylic acids is 1. The van der Waals surface area contributed by atoms with E-state index in [0.717, 1.165) is 6.26 Å². The van der Waals surface area contributed by atoms with Crippen molar-refractivity contribution in [2.45, 2.75) is 0 Å². The van der Waals surface area contributed by atoms with Gasteiger partial charge >= 0.3 is 6.41 Å². The van der Waals surface area contributed by atoms with Crippen LogP contribution in [-0.2, 0) is 14.8 Å². The highest BCUT2D eigenvalue weighted by atomic mass is 32.2. The van der Waals surface area contributed by atoms with Gasteiger partial charge in [-0.3, -0.25) is 4.79 Å². The van der Waals surface area contributed by atoms with Crippen molar-refractivity contribution in [1.82, 2.24) is 10.0 Å². The highest BCUT2D eigenvalue weighted by molar-refractivity contribution is 7.88. The number of sulfonamides is 1. The zero-order chi connectivity index (χ0) is 8.04. The highest BCUT2D eigenvalue weighted by Crippen LogP contribution is 1.69. The number of hydrogen-bond acceptors (Lipinski definition) is 3. The van der Waals surface area contributed by atoms with Crippen LogP contribution >= 0.6 is 0 Å². The van der Waals surface area contributed by atoms with Gasteiger partial charge in [-0.05, 0) is 0 Å². The van der Waals surface area contributed by atoms with Gasteiger partial charge in [0.05, 0.1) is 6.26 Å². The number of nitrogens with one attached hydrogen (secondary N) is 2. The number of rotatable bonds is 5. The van der Waals surface area contributed by atoms with Crippen molar-refractivity contribution in [3.05, 3.63) is 0 Å². The molecule has 0 heterocycles. The average Bonchev–Trinajstić information content (AvgIpc) is 1.78. The molecule has 0 fully saturated rings. The maximum absolute atomic E-state index is 10.4. The van der Waals surface area contributed by atoms with Crippen molar-refractivity contribution in [2.24, 2.45) is 0 Å². The second kappa shape index (κ2) is 4.24. The van der Waals surface area contributed by atoms with Crippen LogP contribution in [0.5, 0.6) is 0 Å².